The van der Waals surface area contributed by atoms with Crippen LogP contribution < -0.4 is 0 Å². The fourth-order valence-corrected chi connectivity index (χ4v) is 3.03. The van der Waals surface area contributed by atoms with Crippen molar-refractivity contribution in [3.8, 4) is 6.07 Å². The second-order valence-corrected chi connectivity index (χ2v) is 5.33. The number of nitriles is 1. The summed E-state index contributed by atoms with van der Waals surface area (Å²) < 4.78 is 0. The van der Waals surface area contributed by atoms with Crippen molar-refractivity contribution in [2.45, 2.75) is 58.3 Å². The van der Waals surface area contributed by atoms with Crippen molar-refractivity contribution in [3.63, 3.8) is 0 Å². The molecule has 82 valence electrons. The zero-order valence-electron chi connectivity index (χ0n) is 9.76. The van der Waals surface area contributed by atoms with Gasteiger partial charge in [-0.15, -0.1) is 0 Å². The van der Waals surface area contributed by atoms with Crippen molar-refractivity contribution < 1.29 is 0 Å². The van der Waals surface area contributed by atoms with Gasteiger partial charge in [-0.25, -0.2) is 0 Å². The summed E-state index contributed by atoms with van der Waals surface area (Å²) in [5.74, 6) is 4.76. The van der Waals surface area contributed by atoms with Gasteiger partial charge in [-0.2, -0.15) is 5.26 Å². The first-order valence-electron chi connectivity index (χ1n) is 6.39. The Labute approximate surface area is 93.9 Å². The second-order valence-electron chi connectivity index (χ2n) is 5.33. The minimum atomic E-state index is 0.856. The lowest BCUT2D eigenvalue weighted by atomic mass is 9.70. The lowest BCUT2D eigenvalue weighted by Crippen LogP contribution is -2.22. The molecule has 0 aromatic heterocycles. The van der Waals surface area contributed by atoms with Crippen molar-refractivity contribution in [3.05, 3.63) is 11.8 Å². The summed E-state index contributed by atoms with van der Waals surface area (Å²) >= 11 is 0. The van der Waals surface area contributed by atoms with Crippen LogP contribution in [0.5, 0.6) is 0 Å². The molecule has 0 aromatic carbocycles. The fourth-order valence-electron chi connectivity index (χ4n) is 3.03. The number of rotatable bonds is 1. The summed E-state index contributed by atoms with van der Waals surface area (Å²) in [6.45, 7) is 2.37. The molecule has 2 fully saturated rings. The van der Waals surface area contributed by atoms with E-state index in [9.17, 15) is 0 Å². The second kappa shape index (κ2) is 5.01. The van der Waals surface area contributed by atoms with Gasteiger partial charge in [0, 0.05) is 0 Å². The van der Waals surface area contributed by atoms with Crippen LogP contribution in [-0.4, -0.2) is 0 Å². The van der Waals surface area contributed by atoms with Crippen LogP contribution in [0, 0.1) is 35.0 Å². The smallest absolute Gasteiger partial charge is 0.0760 e. The van der Waals surface area contributed by atoms with Crippen LogP contribution in [0.2, 0.25) is 0 Å². The molecule has 0 saturated heterocycles. The molecule has 0 heterocycles. The predicted octanol–water partition coefficient (Wildman–Crippen LogP) is 4.06. The van der Waals surface area contributed by atoms with E-state index < -0.39 is 0 Å². The summed E-state index contributed by atoms with van der Waals surface area (Å²) in [5.41, 5.74) is 0. The quantitative estimate of drug-likeness (QED) is 0.630. The average molecular weight is 203 g/mol. The van der Waals surface area contributed by atoms with Gasteiger partial charge in [0.25, 0.3) is 0 Å². The molecule has 0 spiro atoms. The maximum Gasteiger partial charge on any atom is 0.0760 e. The van der Waals surface area contributed by atoms with E-state index in [1.54, 1.807) is 0 Å². The molecule has 2 rings (SSSR count). The predicted molar refractivity (Wildman–Crippen MR) is 61.7 cm³/mol. The highest BCUT2D eigenvalue weighted by Gasteiger charge is 2.30. The van der Waals surface area contributed by atoms with E-state index in [4.69, 9.17) is 5.26 Å². The van der Waals surface area contributed by atoms with Crippen LogP contribution in [0.3, 0.4) is 0 Å². The highest BCUT2D eigenvalue weighted by molar-refractivity contribution is 5.15. The van der Waals surface area contributed by atoms with Crippen LogP contribution >= 0.6 is 0 Å². The van der Waals surface area contributed by atoms with Crippen molar-refractivity contribution >= 4 is 0 Å². The summed E-state index contributed by atoms with van der Waals surface area (Å²) in [6, 6.07) is 2.34. The lowest BCUT2D eigenvalue weighted by Gasteiger charge is -2.35. The standard InChI is InChI=1S/C14H21N/c1-11-2-6-13(7-3-11)14-8-4-12(10-15)5-9-14/h11,14H,2-9H2,1H3. The molecular weight excluding hydrogens is 182 g/mol. The third-order valence-corrected chi connectivity index (χ3v) is 4.24. The molecule has 0 atom stereocenters. The van der Waals surface area contributed by atoms with E-state index >= 15 is 0 Å². The van der Waals surface area contributed by atoms with Gasteiger partial charge in [0.2, 0.25) is 0 Å². The van der Waals surface area contributed by atoms with E-state index in [0.717, 1.165) is 30.6 Å². The first-order chi connectivity index (χ1) is 7.29. The Hall–Kier alpha value is -0.510. The molecular formula is C14H21N. The van der Waals surface area contributed by atoms with Crippen LogP contribution in [0.15, 0.2) is 0 Å². The monoisotopic (exact) mass is 203 g/mol. The van der Waals surface area contributed by atoms with Gasteiger partial charge >= 0.3 is 0 Å². The normalized spacial score (nSPS) is 27.7. The van der Waals surface area contributed by atoms with Crippen LogP contribution in [-0.2, 0) is 0 Å². The molecule has 0 aliphatic heterocycles. The van der Waals surface area contributed by atoms with Crippen molar-refractivity contribution in [1.82, 2.24) is 0 Å². The molecule has 15 heavy (non-hydrogen) atoms. The minimum Gasteiger partial charge on any atom is -0.198 e. The maximum absolute atomic E-state index is 8.83. The minimum absolute atomic E-state index is 0.856. The summed E-state index contributed by atoms with van der Waals surface area (Å²) in [5, 5.41) is 8.83. The average Bonchev–Trinajstić information content (AvgIpc) is 2.30. The van der Waals surface area contributed by atoms with Gasteiger partial charge in [0.05, 0.1) is 12.0 Å². The first kappa shape index (κ1) is 11.0. The molecule has 1 heteroatoms. The highest BCUT2D eigenvalue weighted by Crippen LogP contribution is 2.42. The molecule has 0 unspecified atom stereocenters. The molecule has 2 radical (unpaired) electrons. The van der Waals surface area contributed by atoms with Gasteiger partial charge in [0.1, 0.15) is 0 Å². The summed E-state index contributed by atoms with van der Waals surface area (Å²) in [4.78, 5) is 0. The van der Waals surface area contributed by atoms with Crippen LogP contribution in [0.25, 0.3) is 0 Å². The van der Waals surface area contributed by atoms with E-state index in [0.29, 0.717) is 0 Å². The molecule has 0 aromatic rings. The Bertz CT molecular complexity index is 224. The van der Waals surface area contributed by atoms with E-state index in [1.807, 2.05) is 5.92 Å². The molecule has 0 bridgehead atoms. The largest absolute Gasteiger partial charge is 0.198 e. The number of nitrogens with zero attached hydrogens (tertiary/aromatic N) is 1. The summed E-state index contributed by atoms with van der Waals surface area (Å²) in [7, 11) is 0. The Morgan fingerprint density at radius 3 is 2.13 bits per heavy atom. The van der Waals surface area contributed by atoms with Gasteiger partial charge in [0.15, 0.2) is 0 Å². The Balaban J connectivity index is 1.78. The highest BCUT2D eigenvalue weighted by atomic mass is 14.4. The van der Waals surface area contributed by atoms with Crippen LogP contribution in [0.4, 0.5) is 0 Å². The maximum atomic E-state index is 8.83. The molecule has 0 N–H and O–H groups in total. The fraction of sp³-hybridized carbons (Fsp3) is 0.786. The first-order valence-corrected chi connectivity index (χ1v) is 6.39. The molecule has 2 aliphatic rings. The van der Waals surface area contributed by atoms with Gasteiger partial charge in [-0.1, -0.05) is 19.8 Å². The van der Waals surface area contributed by atoms with Gasteiger partial charge < -0.3 is 0 Å². The topological polar surface area (TPSA) is 23.8 Å². The third-order valence-electron chi connectivity index (χ3n) is 4.24. The Kier molecular flexibility index (Phi) is 3.67. The lowest BCUT2D eigenvalue weighted by molar-refractivity contribution is 0.308. The molecule has 0 amide bonds. The Morgan fingerprint density at radius 2 is 1.60 bits per heavy atom. The van der Waals surface area contributed by atoms with Crippen LogP contribution in [0.1, 0.15) is 58.3 Å². The van der Waals surface area contributed by atoms with E-state index in [2.05, 4.69) is 13.0 Å². The van der Waals surface area contributed by atoms with Crippen molar-refractivity contribution in [1.29, 1.82) is 5.26 Å². The van der Waals surface area contributed by atoms with E-state index in [1.165, 1.54) is 38.5 Å². The zero-order chi connectivity index (χ0) is 10.7. The summed E-state index contributed by atoms with van der Waals surface area (Å²) in [6.07, 6.45) is 10.2. The van der Waals surface area contributed by atoms with E-state index in [-0.39, 0.29) is 0 Å². The molecule has 2 saturated carbocycles. The van der Waals surface area contributed by atoms with Crippen molar-refractivity contribution in [2.24, 2.45) is 11.8 Å². The zero-order valence-corrected chi connectivity index (χ0v) is 9.76. The van der Waals surface area contributed by atoms with Crippen molar-refractivity contribution in [2.75, 3.05) is 0 Å². The Morgan fingerprint density at radius 1 is 1.00 bits per heavy atom. The third kappa shape index (κ3) is 2.74. The van der Waals surface area contributed by atoms with Gasteiger partial charge in [-0.05, 0) is 56.3 Å². The number of hydrogen-bond acceptors (Lipinski definition) is 1. The number of hydrogen-bond donors (Lipinski definition) is 0. The molecule has 2 aliphatic carbocycles. The molecule has 1 nitrogen and oxygen atoms in total. The SMILES string of the molecule is CC1CC[C](C2CC[C](C#N)CC2)CC1. The van der Waals surface area contributed by atoms with Gasteiger partial charge in [-0.3, -0.25) is 0 Å².